The van der Waals surface area contributed by atoms with E-state index >= 15 is 0 Å². The Labute approximate surface area is 190 Å². The van der Waals surface area contributed by atoms with Gasteiger partial charge in [-0.15, -0.1) is 0 Å². The molecule has 0 aliphatic heterocycles. The topological polar surface area (TPSA) is 98.8 Å². The summed E-state index contributed by atoms with van der Waals surface area (Å²) in [6.45, 7) is 2.97. The zero-order valence-corrected chi connectivity index (χ0v) is 18.0. The Balaban J connectivity index is 1.42. The maximum absolute atomic E-state index is 12.8. The molecule has 2 atom stereocenters. The fraction of sp³-hybridized carbons (Fsp3) is 0.154. The SMILES string of the molecule is CC(OC(=O)C(C)Oc1ccccc1)C(=O)Nc1ccc2c(c1)C(=O)c1ccccc1C2=O. The van der Waals surface area contributed by atoms with Gasteiger partial charge in [-0.2, -0.15) is 0 Å². The van der Waals surface area contributed by atoms with Crippen molar-refractivity contribution in [1.29, 1.82) is 0 Å². The van der Waals surface area contributed by atoms with Crippen molar-refractivity contribution >= 4 is 29.1 Å². The number of hydrogen-bond acceptors (Lipinski definition) is 6. The molecular formula is C26H21NO6. The summed E-state index contributed by atoms with van der Waals surface area (Å²) >= 11 is 0. The highest BCUT2D eigenvalue weighted by Crippen LogP contribution is 2.29. The van der Waals surface area contributed by atoms with Gasteiger partial charge in [0.2, 0.25) is 0 Å². The van der Waals surface area contributed by atoms with Gasteiger partial charge >= 0.3 is 5.97 Å². The number of amides is 1. The predicted octanol–water partition coefficient (Wildman–Crippen LogP) is 3.80. The van der Waals surface area contributed by atoms with Gasteiger partial charge in [0.1, 0.15) is 5.75 Å². The van der Waals surface area contributed by atoms with Crippen LogP contribution >= 0.6 is 0 Å². The molecule has 0 radical (unpaired) electrons. The second-order valence-corrected chi connectivity index (χ2v) is 7.61. The van der Waals surface area contributed by atoms with E-state index in [0.717, 1.165) is 0 Å². The lowest BCUT2D eigenvalue weighted by Crippen LogP contribution is -2.35. The van der Waals surface area contributed by atoms with E-state index in [-0.39, 0.29) is 22.7 Å². The third kappa shape index (κ3) is 4.52. The van der Waals surface area contributed by atoms with E-state index in [0.29, 0.717) is 22.6 Å². The molecule has 0 aromatic heterocycles. The van der Waals surface area contributed by atoms with Crippen LogP contribution in [-0.2, 0) is 14.3 Å². The van der Waals surface area contributed by atoms with Crippen molar-refractivity contribution in [3.8, 4) is 5.75 Å². The summed E-state index contributed by atoms with van der Waals surface area (Å²) in [5, 5.41) is 2.62. The smallest absolute Gasteiger partial charge is 0.347 e. The molecule has 166 valence electrons. The Morgan fingerprint density at radius 2 is 1.30 bits per heavy atom. The highest BCUT2D eigenvalue weighted by atomic mass is 16.6. The summed E-state index contributed by atoms with van der Waals surface area (Å²) in [4.78, 5) is 50.4. The molecule has 1 aliphatic carbocycles. The van der Waals surface area contributed by atoms with Crippen LogP contribution in [0, 0.1) is 0 Å². The highest BCUT2D eigenvalue weighted by Gasteiger charge is 2.30. The van der Waals surface area contributed by atoms with Gasteiger partial charge in [0.15, 0.2) is 23.8 Å². The maximum Gasteiger partial charge on any atom is 0.347 e. The Hall–Kier alpha value is -4.26. The number of fused-ring (bicyclic) bond motifs is 2. The number of rotatable bonds is 6. The molecule has 0 spiro atoms. The van der Waals surface area contributed by atoms with Gasteiger partial charge in [-0.05, 0) is 44.2 Å². The Bertz CT molecular complexity index is 1250. The molecule has 1 amide bonds. The summed E-state index contributed by atoms with van der Waals surface area (Å²) in [5.41, 5.74) is 1.50. The number of ketones is 2. The van der Waals surface area contributed by atoms with E-state index in [4.69, 9.17) is 9.47 Å². The fourth-order valence-electron chi connectivity index (χ4n) is 3.50. The van der Waals surface area contributed by atoms with Gasteiger partial charge in [0, 0.05) is 27.9 Å². The Kier molecular flexibility index (Phi) is 6.04. The summed E-state index contributed by atoms with van der Waals surface area (Å²) in [7, 11) is 0. The van der Waals surface area contributed by atoms with Crippen LogP contribution in [-0.4, -0.2) is 35.7 Å². The van der Waals surface area contributed by atoms with Crippen molar-refractivity contribution in [2.24, 2.45) is 0 Å². The van der Waals surface area contributed by atoms with Crippen LogP contribution in [0.15, 0.2) is 72.8 Å². The maximum atomic E-state index is 12.8. The minimum atomic E-state index is -1.10. The predicted molar refractivity (Wildman–Crippen MR) is 120 cm³/mol. The van der Waals surface area contributed by atoms with Crippen molar-refractivity contribution < 1.29 is 28.7 Å². The molecule has 3 aromatic rings. The molecule has 0 saturated carbocycles. The zero-order valence-electron chi connectivity index (χ0n) is 18.0. The monoisotopic (exact) mass is 443 g/mol. The number of esters is 1. The summed E-state index contributed by atoms with van der Waals surface area (Å²) in [6.07, 6.45) is -2.01. The fourth-order valence-corrected chi connectivity index (χ4v) is 3.50. The van der Waals surface area contributed by atoms with Crippen molar-refractivity contribution in [1.82, 2.24) is 0 Å². The average Bonchev–Trinajstić information content (AvgIpc) is 2.83. The van der Waals surface area contributed by atoms with Crippen LogP contribution in [0.4, 0.5) is 5.69 Å². The van der Waals surface area contributed by atoms with Crippen molar-refractivity contribution in [2.45, 2.75) is 26.1 Å². The molecule has 3 aromatic carbocycles. The molecule has 4 rings (SSSR count). The molecule has 2 unspecified atom stereocenters. The number of benzene rings is 3. The van der Waals surface area contributed by atoms with E-state index in [1.54, 1.807) is 48.5 Å². The number of anilines is 1. The number of carbonyl (C=O) groups is 4. The quantitative estimate of drug-likeness (QED) is 0.455. The third-order valence-electron chi connectivity index (χ3n) is 5.24. The minimum Gasteiger partial charge on any atom is -0.479 e. The zero-order chi connectivity index (χ0) is 23.5. The number of hydrogen-bond donors (Lipinski definition) is 1. The lowest BCUT2D eigenvalue weighted by atomic mass is 9.84. The normalized spacial score (nSPS) is 13.9. The average molecular weight is 443 g/mol. The van der Waals surface area contributed by atoms with Crippen LogP contribution in [0.2, 0.25) is 0 Å². The van der Waals surface area contributed by atoms with Gasteiger partial charge < -0.3 is 14.8 Å². The second kappa shape index (κ2) is 9.08. The van der Waals surface area contributed by atoms with Crippen molar-refractivity contribution in [3.05, 3.63) is 95.1 Å². The van der Waals surface area contributed by atoms with Crippen LogP contribution < -0.4 is 10.1 Å². The van der Waals surface area contributed by atoms with E-state index in [1.807, 2.05) is 6.07 Å². The van der Waals surface area contributed by atoms with Crippen LogP contribution in [0.1, 0.15) is 45.7 Å². The van der Waals surface area contributed by atoms with Gasteiger partial charge in [-0.25, -0.2) is 4.79 Å². The van der Waals surface area contributed by atoms with E-state index < -0.39 is 24.1 Å². The number of para-hydroxylation sites is 1. The van der Waals surface area contributed by atoms with Crippen molar-refractivity contribution in [2.75, 3.05) is 5.32 Å². The standard InChI is InChI=1S/C26H21NO6/c1-15(33-26(31)16(2)32-18-8-4-3-5-9-18)25(30)27-17-12-13-21-22(14-17)24(29)20-11-7-6-10-19(20)23(21)28/h3-16H,1-2H3,(H,27,30). The molecule has 0 bridgehead atoms. The van der Waals surface area contributed by atoms with E-state index in [2.05, 4.69) is 5.32 Å². The molecule has 1 N–H and O–H groups in total. The highest BCUT2D eigenvalue weighted by molar-refractivity contribution is 6.28. The lowest BCUT2D eigenvalue weighted by Gasteiger charge is -2.19. The summed E-state index contributed by atoms with van der Waals surface area (Å²) in [6, 6.07) is 19.9. The molecular weight excluding hydrogens is 422 g/mol. The van der Waals surface area contributed by atoms with Gasteiger partial charge in [0.25, 0.3) is 5.91 Å². The minimum absolute atomic E-state index is 0.214. The summed E-state index contributed by atoms with van der Waals surface area (Å²) < 4.78 is 10.7. The number of nitrogens with one attached hydrogen (secondary N) is 1. The molecule has 7 heteroatoms. The van der Waals surface area contributed by atoms with E-state index in [9.17, 15) is 19.2 Å². The first-order valence-corrected chi connectivity index (χ1v) is 10.4. The molecule has 7 nitrogen and oxygen atoms in total. The van der Waals surface area contributed by atoms with Gasteiger partial charge in [-0.3, -0.25) is 14.4 Å². The summed E-state index contributed by atoms with van der Waals surface area (Å²) in [5.74, 6) is -1.29. The molecule has 33 heavy (non-hydrogen) atoms. The Morgan fingerprint density at radius 3 is 1.97 bits per heavy atom. The van der Waals surface area contributed by atoms with Gasteiger partial charge in [0.05, 0.1) is 0 Å². The molecule has 0 fully saturated rings. The molecule has 0 heterocycles. The first kappa shape index (κ1) is 22.0. The van der Waals surface area contributed by atoms with Crippen LogP contribution in [0.3, 0.4) is 0 Å². The lowest BCUT2D eigenvalue weighted by molar-refractivity contribution is -0.159. The Morgan fingerprint density at radius 1 is 0.727 bits per heavy atom. The van der Waals surface area contributed by atoms with Crippen LogP contribution in [0.5, 0.6) is 5.75 Å². The van der Waals surface area contributed by atoms with E-state index in [1.165, 1.54) is 32.0 Å². The van der Waals surface area contributed by atoms with Gasteiger partial charge in [-0.1, -0.05) is 42.5 Å². The number of carbonyl (C=O) groups excluding carboxylic acids is 4. The third-order valence-corrected chi connectivity index (χ3v) is 5.24. The first-order valence-electron chi connectivity index (χ1n) is 10.4. The largest absolute Gasteiger partial charge is 0.479 e. The number of ether oxygens (including phenoxy) is 2. The van der Waals surface area contributed by atoms with Crippen LogP contribution in [0.25, 0.3) is 0 Å². The molecule has 1 aliphatic rings. The van der Waals surface area contributed by atoms with Crippen molar-refractivity contribution in [3.63, 3.8) is 0 Å². The first-order chi connectivity index (χ1) is 15.8. The molecule has 0 saturated heterocycles. The second-order valence-electron chi connectivity index (χ2n) is 7.61.